The number of fused-ring (bicyclic) bond motifs is 1. The summed E-state index contributed by atoms with van der Waals surface area (Å²) in [6, 6.07) is 11.6. The Balaban J connectivity index is 1.65. The average molecular weight is 344 g/mol. The molecule has 0 radical (unpaired) electrons. The molecule has 2 heterocycles. The number of amides is 1. The van der Waals surface area contributed by atoms with E-state index in [-0.39, 0.29) is 23.0 Å². The van der Waals surface area contributed by atoms with Crippen molar-refractivity contribution in [1.82, 2.24) is 19.9 Å². The smallest absolute Gasteiger partial charge is 0.233 e. The molecule has 0 saturated carbocycles. The van der Waals surface area contributed by atoms with E-state index in [2.05, 4.69) is 15.5 Å². The molecule has 0 saturated heterocycles. The van der Waals surface area contributed by atoms with Crippen molar-refractivity contribution in [2.75, 3.05) is 0 Å². The number of carbonyl (C=O) groups excluding carboxylic acids is 1. The zero-order chi connectivity index (χ0) is 17.1. The standard InChI is InChI=1S/C17H17FN4OS/c1-11(13-6-8-14(18)9-7-13)19-16(23)12(2)24-17-21-20-15-5-3-4-10-22(15)17/h3-12H,1-2H3,(H,19,23)/t11-,12+/m1/s1. The summed E-state index contributed by atoms with van der Waals surface area (Å²) < 4.78 is 14.8. The van der Waals surface area contributed by atoms with Gasteiger partial charge in [-0.15, -0.1) is 10.2 Å². The number of carbonyl (C=O) groups is 1. The Labute approximate surface area is 143 Å². The Morgan fingerprint density at radius 3 is 2.67 bits per heavy atom. The lowest BCUT2D eigenvalue weighted by Gasteiger charge is -2.17. The molecule has 1 aromatic carbocycles. The molecule has 0 fully saturated rings. The summed E-state index contributed by atoms with van der Waals surface area (Å²) in [5, 5.41) is 11.5. The number of nitrogens with zero attached hydrogens (tertiary/aromatic N) is 3. The van der Waals surface area contributed by atoms with Gasteiger partial charge in [-0.2, -0.15) is 0 Å². The highest BCUT2D eigenvalue weighted by Gasteiger charge is 2.19. The monoisotopic (exact) mass is 344 g/mol. The van der Waals surface area contributed by atoms with Gasteiger partial charge in [0.15, 0.2) is 10.8 Å². The summed E-state index contributed by atoms with van der Waals surface area (Å²) in [5.74, 6) is -0.399. The van der Waals surface area contributed by atoms with Gasteiger partial charge in [0.2, 0.25) is 5.91 Å². The molecule has 124 valence electrons. The van der Waals surface area contributed by atoms with Gasteiger partial charge < -0.3 is 5.32 Å². The number of nitrogens with one attached hydrogen (secondary N) is 1. The molecule has 0 unspecified atom stereocenters. The van der Waals surface area contributed by atoms with Crippen molar-refractivity contribution in [3.05, 3.63) is 60.0 Å². The normalized spacial score (nSPS) is 13.6. The van der Waals surface area contributed by atoms with Crippen LogP contribution in [0.5, 0.6) is 0 Å². The first-order chi connectivity index (χ1) is 11.5. The summed E-state index contributed by atoms with van der Waals surface area (Å²) in [7, 11) is 0. The van der Waals surface area contributed by atoms with Gasteiger partial charge in [-0.25, -0.2) is 4.39 Å². The third-order valence-electron chi connectivity index (χ3n) is 3.66. The van der Waals surface area contributed by atoms with Gasteiger partial charge in [0.05, 0.1) is 11.3 Å². The predicted octanol–water partition coefficient (Wildman–Crippen LogP) is 3.23. The van der Waals surface area contributed by atoms with E-state index in [9.17, 15) is 9.18 Å². The van der Waals surface area contributed by atoms with Gasteiger partial charge in [0.1, 0.15) is 5.82 Å². The molecule has 0 aliphatic carbocycles. The summed E-state index contributed by atoms with van der Waals surface area (Å²) in [6.07, 6.45) is 1.86. The van der Waals surface area contributed by atoms with Crippen molar-refractivity contribution in [1.29, 1.82) is 0 Å². The van der Waals surface area contributed by atoms with Crippen molar-refractivity contribution in [2.45, 2.75) is 30.3 Å². The predicted molar refractivity (Wildman–Crippen MR) is 91.3 cm³/mol. The average Bonchev–Trinajstić information content (AvgIpc) is 2.98. The minimum Gasteiger partial charge on any atom is -0.349 e. The molecule has 1 amide bonds. The van der Waals surface area contributed by atoms with Crippen LogP contribution in [0.4, 0.5) is 4.39 Å². The molecule has 0 bridgehead atoms. The number of rotatable bonds is 5. The van der Waals surface area contributed by atoms with Gasteiger partial charge in [-0.05, 0) is 43.7 Å². The molecule has 3 aromatic rings. The summed E-state index contributed by atoms with van der Waals surface area (Å²) in [4.78, 5) is 12.4. The van der Waals surface area contributed by atoms with Crippen molar-refractivity contribution in [3.8, 4) is 0 Å². The van der Waals surface area contributed by atoms with Gasteiger partial charge in [0, 0.05) is 6.20 Å². The molecule has 2 aromatic heterocycles. The number of pyridine rings is 1. The molecule has 3 rings (SSSR count). The van der Waals surface area contributed by atoms with Gasteiger partial charge >= 0.3 is 0 Å². The molecule has 5 nitrogen and oxygen atoms in total. The maximum Gasteiger partial charge on any atom is 0.233 e. The van der Waals surface area contributed by atoms with Crippen LogP contribution < -0.4 is 5.32 Å². The number of thioether (sulfide) groups is 1. The first kappa shape index (κ1) is 16.4. The van der Waals surface area contributed by atoms with Crippen molar-refractivity contribution >= 4 is 23.3 Å². The minimum absolute atomic E-state index is 0.107. The maximum absolute atomic E-state index is 13.0. The summed E-state index contributed by atoms with van der Waals surface area (Å²) in [6.45, 7) is 3.69. The van der Waals surface area contributed by atoms with E-state index in [1.54, 1.807) is 12.1 Å². The lowest BCUT2D eigenvalue weighted by Crippen LogP contribution is -2.33. The zero-order valence-electron chi connectivity index (χ0n) is 13.3. The Kier molecular flexibility index (Phi) is 4.80. The van der Waals surface area contributed by atoms with E-state index in [4.69, 9.17) is 0 Å². The largest absolute Gasteiger partial charge is 0.349 e. The van der Waals surface area contributed by atoms with Gasteiger partial charge in [-0.1, -0.05) is 30.0 Å². The molecule has 7 heteroatoms. The Morgan fingerprint density at radius 2 is 1.92 bits per heavy atom. The van der Waals surface area contributed by atoms with Gasteiger partial charge in [0.25, 0.3) is 0 Å². The molecule has 2 atom stereocenters. The first-order valence-electron chi connectivity index (χ1n) is 7.57. The number of halogens is 1. The fourth-order valence-electron chi connectivity index (χ4n) is 2.28. The van der Waals surface area contributed by atoms with E-state index in [1.165, 1.54) is 23.9 Å². The van der Waals surface area contributed by atoms with Crippen LogP contribution in [0.2, 0.25) is 0 Å². The molecule has 0 spiro atoms. The van der Waals surface area contributed by atoms with Crippen molar-refractivity contribution < 1.29 is 9.18 Å². The Morgan fingerprint density at radius 1 is 1.17 bits per heavy atom. The van der Waals surface area contributed by atoms with Crippen LogP contribution >= 0.6 is 11.8 Å². The zero-order valence-corrected chi connectivity index (χ0v) is 14.1. The molecule has 0 aliphatic heterocycles. The number of hydrogen-bond donors (Lipinski definition) is 1. The fraction of sp³-hybridized carbons (Fsp3) is 0.235. The number of benzene rings is 1. The second kappa shape index (κ2) is 7.00. The second-order valence-corrected chi connectivity index (χ2v) is 6.76. The highest BCUT2D eigenvalue weighted by atomic mass is 32.2. The molecular formula is C17H17FN4OS. The highest BCUT2D eigenvalue weighted by Crippen LogP contribution is 2.23. The topological polar surface area (TPSA) is 59.3 Å². The van der Waals surface area contributed by atoms with Crippen LogP contribution in [0.15, 0.2) is 53.8 Å². The van der Waals surface area contributed by atoms with Crippen LogP contribution in [-0.4, -0.2) is 25.8 Å². The van der Waals surface area contributed by atoms with E-state index < -0.39 is 0 Å². The van der Waals surface area contributed by atoms with E-state index in [0.29, 0.717) is 5.16 Å². The summed E-state index contributed by atoms with van der Waals surface area (Å²) in [5.41, 5.74) is 1.60. The number of hydrogen-bond acceptors (Lipinski definition) is 4. The Hall–Kier alpha value is -2.41. The van der Waals surface area contributed by atoms with E-state index in [1.807, 2.05) is 42.6 Å². The quantitative estimate of drug-likeness (QED) is 0.722. The molecule has 0 aliphatic rings. The fourth-order valence-corrected chi connectivity index (χ4v) is 3.12. The number of aromatic nitrogens is 3. The first-order valence-corrected chi connectivity index (χ1v) is 8.45. The summed E-state index contributed by atoms with van der Waals surface area (Å²) >= 11 is 1.34. The SMILES string of the molecule is C[C@H](Sc1nnc2ccccn12)C(=O)N[C@H](C)c1ccc(F)cc1. The van der Waals surface area contributed by atoms with Crippen molar-refractivity contribution in [2.24, 2.45) is 0 Å². The lowest BCUT2D eigenvalue weighted by atomic mass is 10.1. The minimum atomic E-state index is -0.333. The Bertz CT molecular complexity index is 849. The van der Waals surface area contributed by atoms with E-state index in [0.717, 1.165) is 11.2 Å². The van der Waals surface area contributed by atoms with Gasteiger partial charge in [-0.3, -0.25) is 9.20 Å². The van der Waals surface area contributed by atoms with E-state index >= 15 is 0 Å². The van der Waals surface area contributed by atoms with Crippen LogP contribution in [-0.2, 0) is 4.79 Å². The van der Waals surface area contributed by atoms with Crippen LogP contribution in [0.3, 0.4) is 0 Å². The third-order valence-corrected chi connectivity index (χ3v) is 4.72. The molecule has 1 N–H and O–H groups in total. The van der Waals surface area contributed by atoms with Crippen LogP contribution in [0.25, 0.3) is 5.65 Å². The van der Waals surface area contributed by atoms with Crippen LogP contribution in [0.1, 0.15) is 25.5 Å². The molecule has 24 heavy (non-hydrogen) atoms. The maximum atomic E-state index is 13.0. The third kappa shape index (κ3) is 3.56. The lowest BCUT2D eigenvalue weighted by molar-refractivity contribution is -0.120. The van der Waals surface area contributed by atoms with Crippen LogP contribution in [0, 0.1) is 5.82 Å². The van der Waals surface area contributed by atoms with Crippen molar-refractivity contribution in [3.63, 3.8) is 0 Å². The second-order valence-electron chi connectivity index (χ2n) is 5.45. The highest BCUT2D eigenvalue weighted by molar-refractivity contribution is 8.00. The molecular weight excluding hydrogens is 327 g/mol.